The van der Waals surface area contributed by atoms with Crippen LogP contribution in [0.4, 0.5) is 9.59 Å². The van der Waals surface area contributed by atoms with E-state index in [2.05, 4.69) is 20.9 Å². The number of hydrogen-bond acceptors (Lipinski definition) is 3. The van der Waals surface area contributed by atoms with E-state index in [0.29, 0.717) is 0 Å². The number of halogens is 3. The average molecular weight is 334 g/mol. The molecule has 0 aromatic carbocycles. The van der Waals surface area contributed by atoms with E-state index < -0.39 is 22.4 Å². The lowest BCUT2D eigenvalue weighted by Gasteiger charge is -2.12. The van der Waals surface area contributed by atoms with Crippen molar-refractivity contribution in [3.8, 4) is 0 Å². The SMILES string of the molecule is COC(=NC(=O)NC(Cl)C(Cl)Cl)NC(=O)NC(C)C. The zero-order valence-corrected chi connectivity index (χ0v) is 12.8. The number of urea groups is 2. The van der Waals surface area contributed by atoms with E-state index in [-0.39, 0.29) is 12.1 Å². The molecule has 0 aliphatic rings. The fraction of sp³-hybridized carbons (Fsp3) is 0.667. The molecule has 0 aliphatic carbocycles. The van der Waals surface area contributed by atoms with Crippen LogP contribution in [-0.2, 0) is 4.74 Å². The minimum Gasteiger partial charge on any atom is -0.468 e. The highest BCUT2D eigenvalue weighted by atomic mass is 35.5. The molecule has 1 atom stereocenters. The summed E-state index contributed by atoms with van der Waals surface area (Å²) in [7, 11) is 1.24. The van der Waals surface area contributed by atoms with Gasteiger partial charge in [0.2, 0.25) is 0 Å². The molecule has 7 nitrogen and oxygen atoms in total. The Kier molecular flexibility index (Phi) is 8.62. The molecular weight excluding hydrogens is 318 g/mol. The van der Waals surface area contributed by atoms with Crippen LogP contribution in [0.3, 0.4) is 0 Å². The van der Waals surface area contributed by atoms with E-state index in [9.17, 15) is 9.59 Å². The summed E-state index contributed by atoms with van der Waals surface area (Å²) in [6, 6.07) is -1.78. The summed E-state index contributed by atoms with van der Waals surface area (Å²) in [5.74, 6) is 0. The van der Waals surface area contributed by atoms with Crippen LogP contribution in [0.5, 0.6) is 0 Å². The van der Waals surface area contributed by atoms with Crippen molar-refractivity contribution >= 4 is 52.9 Å². The zero-order chi connectivity index (χ0) is 15.0. The topological polar surface area (TPSA) is 91.8 Å². The van der Waals surface area contributed by atoms with Crippen molar-refractivity contribution < 1.29 is 14.3 Å². The van der Waals surface area contributed by atoms with Gasteiger partial charge in [0.25, 0.3) is 0 Å². The van der Waals surface area contributed by atoms with Gasteiger partial charge in [-0.15, -0.1) is 28.2 Å². The maximum absolute atomic E-state index is 11.4. The number of alkyl halides is 3. The van der Waals surface area contributed by atoms with Gasteiger partial charge in [-0.1, -0.05) is 11.6 Å². The number of hydrogen-bond donors (Lipinski definition) is 3. The van der Waals surface area contributed by atoms with Crippen molar-refractivity contribution in [1.82, 2.24) is 16.0 Å². The molecule has 0 heterocycles. The maximum atomic E-state index is 11.4. The minimum absolute atomic E-state index is 0.0765. The van der Waals surface area contributed by atoms with Crippen LogP contribution in [0.15, 0.2) is 4.99 Å². The lowest BCUT2D eigenvalue weighted by Crippen LogP contribution is -2.44. The Balaban J connectivity index is 4.46. The van der Waals surface area contributed by atoms with Gasteiger partial charge in [0.1, 0.15) is 10.3 Å². The third-order valence-corrected chi connectivity index (χ3v) is 2.64. The molecule has 19 heavy (non-hydrogen) atoms. The summed E-state index contributed by atoms with van der Waals surface area (Å²) in [6.45, 7) is 3.55. The number of nitrogens with zero attached hydrogens (tertiary/aromatic N) is 1. The molecule has 1 unspecified atom stereocenters. The van der Waals surface area contributed by atoms with Gasteiger partial charge < -0.3 is 15.4 Å². The Labute approximate surface area is 126 Å². The molecule has 0 aliphatic heterocycles. The fourth-order valence-electron chi connectivity index (χ4n) is 0.825. The predicted octanol–water partition coefficient (Wildman–Crippen LogP) is 1.77. The number of ether oxygens (including phenoxy) is 1. The fourth-order valence-corrected chi connectivity index (χ4v) is 1.04. The van der Waals surface area contributed by atoms with E-state index in [1.807, 2.05) is 0 Å². The number of carbonyl (C=O) groups is 2. The third-order valence-electron chi connectivity index (χ3n) is 1.52. The van der Waals surface area contributed by atoms with Crippen molar-refractivity contribution in [2.24, 2.45) is 4.99 Å². The molecule has 0 radical (unpaired) electrons. The molecule has 0 aromatic rings. The van der Waals surface area contributed by atoms with Gasteiger partial charge >= 0.3 is 18.1 Å². The van der Waals surface area contributed by atoms with E-state index in [4.69, 9.17) is 39.5 Å². The second-order valence-electron chi connectivity index (χ2n) is 3.56. The normalized spacial score (nSPS) is 13.2. The molecule has 0 rings (SSSR count). The molecule has 10 heteroatoms. The van der Waals surface area contributed by atoms with Crippen LogP contribution in [0.1, 0.15) is 13.8 Å². The third kappa shape index (κ3) is 8.74. The Morgan fingerprint density at radius 2 is 1.74 bits per heavy atom. The Morgan fingerprint density at radius 1 is 1.16 bits per heavy atom. The van der Waals surface area contributed by atoms with Crippen molar-refractivity contribution in [3.63, 3.8) is 0 Å². The first kappa shape index (κ1) is 18.1. The molecule has 0 saturated heterocycles. The van der Waals surface area contributed by atoms with Crippen molar-refractivity contribution in [1.29, 1.82) is 0 Å². The number of methoxy groups -OCH3 is 1. The van der Waals surface area contributed by atoms with Gasteiger partial charge in [-0.3, -0.25) is 5.32 Å². The number of amidine groups is 1. The van der Waals surface area contributed by atoms with Gasteiger partial charge in [-0.2, -0.15) is 0 Å². The summed E-state index contributed by atoms with van der Waals surface area (Å²) >= 11 is 16.5. The smallest absolute Gasteiger partial charge is 0.346 e. The van der Waals surface area contributed by atoms with Gasteiger partial charge in [0, 0.05) is 6.04 Å². The molecule has 0 aromatic heterocycles. The number of amides is 4. The first-order chi connectivity index (χ1) is 8.76. The van der Waals surface area contributed by atoms with Crippen LogP contribution in [0.2, 0.25) is 0 Å². The van der Waals surface area contributed by atoms with E-state index in [1.54, 1.807) is 13.8 Å². The first-order valence-electron chi connectivity index (χ1n) is 5.19. The molecule has 0 bridgehead atoms. The van der Waals surface area contributed by atoms with Crippen LogP contribution < -0.4 is 16.0 Å². The predicted molar refractivity (Wildman–Crippen MR) is 74.9 cm³/mol. The van der Waals surface area contributed by atoms with Crippen LogP contribution >= 0.6 is 34.8 Å². The molecule has 0 saturated carbocycles. The zero-order valence-electron chi connectivity index (χ0n) is 10.5. The molecule has 4 amide bonds. The average Bonchev–Trinajstić information content (AvgIpc) is 2.26. The highest BCUT2D eigenvalue weighted by molar-refractivity contribution is 6.48. The summed E-state index contributed by atoms with van der Waals surface area (Å²) < 4.78 is 4.72. The summed E-state index contributed by atoms with van der Waals surface area (Å²) in [6.07, 6.45) is 0. The number of aliphatic imine (C=N–C) groups is 1. The molecule has 0 fully saturated rings. The van der Waals surface area contributed by atoms with E-state index in [1.165, 1.54) is 7.11 Å². The van der Waals surface area contributed by atoms with Crippen molar-refractivity contribution in [2.45, 2.75) is 30.2 Å². The number of nitrogens with one attached hydrogen (secondary N) is 3. The minimum atomic E-state index is -1.01. The quantitative estimate of drug-likeness (QED) is 0.318. The van der Waals surface area contributed by atoms with E-state index >= 15 is 0 Å². The highest BCUT2D eigenvalue weighted by Crippen LogP contribution is 2.11. The highest BCUT2D eigenvalue weighted by Gasteiger charge is 2.17. The molecule has 110 valence electrons. The summed E-state index contributed by atoms with van der Waals surface area (Å²) in [4.78, 5) is 25.2. The van der Waals surface area contributed by atoms with Gasteiger partial charge in [-0.25, -0.2) is 9.59 Å². The Bertz CT molecular complexity index is 350. The Hall–Kier alpha value is -0.920. The lowest BCUT2D eigenvalue weighted by atomic mass is 10.4. The van der Waals surface area contributed by atoms with Gasteiger partial charge in [0.05, 0.1) is 7.11 Å². The molecule has 0 spiro atoms. The van der Waals surface area contributed by atoms with E-state index in [0.717, 1.165) is 0 Å². The van der Waals surface area contributed by atoms with Gasteiger partial charge in [-0.05, 0) is 13.8 Å². The molecule has 3 N–H and O–H groups in total. The standard InChI is InChI=1S/C9H15Cl3N4O3/c1-4(2)13-7(17)15-9(19-3)16-8(18)14-6(12)5(10)11/h4-6H,1-3H3,(H3,13,14,15,16,17,18). The largest absolute Gasteiger partial charge is 0.468 e. The van der Waals surface area contributed by atoms with Gasteiger partial charge in [0.15, 0.2) is 0 Å². The second kappa shape index (κ2) is 9.06. The monoisotopic (exact) mass is 332 g/mol. The summed E-state index contributed by atoms with van der Waals surface area (Å²) in [5.41, 5.74) is -1.01. The Morgan fingerprint density at radius 3 is 2.16 bits per heavy atom. The molecular formula is C9H15Cl3N4O3. The van der Waals surface area contributed by atoms with Crippen LogP contribution in [-0.4, -0.2) is 41.6 Å². The second-order valence-corrected chi connectivity index (χ2v) is 5.19. The van der Waals surface area contributed by atoms with Crippen molar-refractivity contribution in [2.75, 3.05) is 7.11 Å². The number of carbonyl (C=O) groups excluding carboxylic acids is 2. The number of rotatable bonds is 3. The van der Waals surface area contributed by atoms with Crippen LogP contribution in [0, 0.1) is 0 Å². The summed E-state index contributed by atoms with van der Waals surface area (Å²) in [5, 5.41) is 6.95. The first-order valence-corrected chi connectivity index (χ1v) is 6.50. The van der Waals surface area contributed by atoms with Crippen LogP contribution in [0.25, 0.3) is 0 Å². The lowest BCUT2D eigenvalue weighted by molar-refractivity contribution is 0.239. The van der Waals surface area contributed by atoms with Crippen molar-refractivity contribution in [3.05, 3.63) is 0 Å². The maximum Gasteiger partial charge on any atom is 0.346 e.